The van der Waals surface area contributed by atoms with Crippen molar-refractivity contribution in [3.05, 3.63) is 35.5 Å². The fourth-order valence-corrected chi connectivity index (χ4v) is 3.99. The molecule has 1 aromatic carbocycles. The van der Waals surface area contributed by atoms with Crippen LogP contribution in [-0.4, -0.2) is 28.8 Å². The number of aromatic amines is 1. The summed E-state index contributed by atoms with van der Waals surface area (Å²) in [7, 11) is 0. The second-order valence-corrected chi connectivity index (χ2v) is 6.19. The largest absolute Gasteiger partial charge is 0.352 e. The Morgan fingerprint density at radius 3 is 2.95 bits per heavy atom. The van der Waals surface area contributed by atoms with Crippen LogP contribution >= 0.6 is 12.4 Å². The number of carbonyl (C=O) groups excluding carboxylic acids is 1. The van der Waals surface area contributed by atoms with Crippen molar-refractivity contribution >= 4 is 29.1 Å². The molecule has 4 heterocycles. The molecule has 5 rings (SSSR count). The van der Waals surface area contributed by atoms with Gasteiger partial charge in [-0.2, -0.15) is 0 Å². The predicted molar refractivity (Wildman–Crippen MR) is 87.0 cm³/mol. The van der Waals surface area contributed by atoms with Crippen LogP contribution in [0.2, 0.25) is 0 Å². The van der Waals surface area contributed by atoms with E-state index in [9.17, 15) is 4.79 Å². The highest BCUT2D eigenvalue weighted by molar-refractivity contribution is 6.03. The van der Waals surface area contributed by atoms with Crippen LogP contribution in [0.15, 0.2) is 24.3 Å². The number of fused-ring (bicyclic) bond motifs is 3. The molecule has 3 nitrogen and oxygen atoms in total. The first-order chi connectivity index (χ1) is 9.78. The van der Waals surface area contributed by atoms with E-state index in [0.717, 1.165) is 43.7 Å². The third-order valence-electron chi connectivity index (χ3n) is 5.12. The zero-order chi connectivity index (χ0) is 13.7. The Hall–Kier alpha value is -1.32. The van der Waals surface area contributed by atoms with Gasteiger partial charge in [0.05, 0.1) is 5.69 Å². The maximum atomic E-state index is 12.9. The highest BCUT2D eigenvalue weighted by atomic mass is 35.5. The molecule has 112 valence electrons. The lowest BCUT2D eigenvalue weighted by Gasteiger charge is -2.39. The molecule has 1 saturated heterocycles. The second kappa shape index (κ2) is 5.47. The smallest absolute Gasteiger partial charge is 0.182 e. The van der Waals surface area contributed by atoms with Crippen LogP contribution in [0, 0.1) is 11.8 Å². The number of piperidine rings is 1. The molecule has 2 bridgehead atoms. The van der Waals surface area contributed by atoms with Crippen LogP contribution < -0.4 is 0 Å². The lowest BCUT2D eigenvalue weighted by atomic mass is 9.78. The molecule has 2 aromatic rings. The van der Waals surface area contributed by atoms with Crippen molar-refractivity contribution in [2.45, 2.75) is 26.3 Å². The van der Waals surface area contributed by atoms with Crippen molar-refractivity contribution in [3.8, 4) is 0 Å². The Balaban J connectivity index is 0.00000132. The van der Waals surface area contributed by atoms with Crippen LogP contribution in [0.3, 0.4) is 0 Å². The summed E-state index contributed by atoms with van der Waals surface area (Å²) in [4.78, 5) is 18.8. The summed E-state index contributed by atoms with van der Waals surface area (Å²) in [5.74, 6) is 1.08. The molecule has 1 aromatic heterocycles. The summed E-state index contributed by atoms with van der Waals surface area (Å²) in [6.07, 6.45) is 2.12. The Morgan fingerprint density at radius 1 is 1.33 bits per heavy atom. The van der Waals surface area contributed by atoms with E-state index in [4.69, 9.17) is 0 Å². The van der Waals surface area contributed by atoms with E-state index in [1.807, 2.05) is 6.07 Å². The number of H-pyrrole nitrogens is 1. The quantitative estimate of drug-likeness (QED) is 0.873. The third-order valence-corrected chi connectivity index (χ3v) is 5.12. The van der Waals surface area contributed by atoms with Gasteiger partial charge in [-0.3, -0.25) is 9.69 Å². The van der Waals surface area contributed by atoms with Gasteiger partial charge in [-0.05, 0) is 24.9 Å². The molecule has 1 fully saturated rings. The summed E-state index contributed by atoms with van der Waals surface area (Å²) in [5, 5.41) is 1.22. The van der Waals surface area contributed by atoms with Crippen molar-refractivity contribution in [1.29, 1.82) is 0 Å². The molecule has 0 radical (unpaired) electrons. The van der Waals surface area contributed by atoms with Gasteiger partial charge in [-0.25, -0.2) is 0 Å². The lowest BCUT2D eigenvalue weighted by Crippen LogP contribution is -2.45. The van der Waals surface area contributed by atoms with Crippen LogP contribution in [-0.2, 0) is 6.54 Å². The molecule has 0 amide bonds. The number of hydrogen-bond donors (Lipinski definition) is 1. The van der Waals surface area contributed by atoms with Gasteiger partial charge in [-0.1, -0.05) is 31.5 Å². The third kappa shape index (κ3) is 2.19. The Bertz CT molecular complexity index is 678. The molecule has 0 saturated carbocycles. The highest BCUT2D eigenvalue weighted by Gasteiger charge is 2.38. The van der Waals surface area contributed by atoms with Gasteiger partial charge < -0.3 is 4.98 Å². The number of benzene rings is 1. The van der Waals surface area contributed by atoms with E-state index >= 15 is 0 Å². The monoisotopic (exact) mass is 304 g/mol. The number of nitrogens with zero attached hydrogens (tertiary/aromatic N) is 1. The molecule has 3 aliphatic rings. The number of nitrogens with one attached hydrogen (secondary N) is 1. The number of carbonyl (C=O) groups is 1. The Morgan fingerprint density at radius 2 is 2.14 bits per heavy atom. The van der Waals surface area contributed by atoms with Crippen molar-refractivity contribution in [2.24, 2.45) is 11.8 Å². The van der Waals surface area contributed by atoms with Crippen LogP contribution in [0.4, 0.5) is 0 Å². The summed E-state index contributed by atoms with van der Waals surface area (Å²) in [6, 6.07) is 8.29. The summed E-state index contributed by atoms with van der Waals surface area (Å²) >= 11 is 0. The minimum atomic E-state index is 0. The van der Waals surface area contributed by atoms with Crippen LogP contribution in [0.1, 0.15) is 35.8 Å². The molecule has 2 unspecified atom stereocenters. The van der Waals surface area contributed by atoms with Gasteiger partial charge in [0.25, 0.3) is 0 Å². The van der Waals surface area contributed by atoms with Crippen molar-refractivity contribution in [3.63, 3.8) is 0 Å². The number of para-hydroxylation sites is 1. The molecule has 0 spiro atoms. The van der Waals surface area contributed by atoms with Gasteiger partial charge in [0.15, 0.2) is 5.78 Å². The predicted octanol–water partition coefficient (Wildman–Crippen LogP) is 3.63. The minimum Gasteiger partial charge on any atom is -0.352 e. The number of rotatable bonds is 1. The minimum absolute atomic E-state index is 0. The summed E-state index contributed by atoms with van der Waals surface area (Å²) in [5.41, 5.74) is 3.19. The fourth-order valence-electron chi connectivity index (χ4n) is 3.99. The van der Waals surface area contributed by atoms with Gasteiger partial charge in [0.2, 0.25) is 0 Å². The van der Waals surface area contributed by atoms with E-state index in [-0.39, 0.29) is 18.3 Å². The summed E-state index contributed by atoms with van der Waals surface area (Å²) in [6.45, 7) is 5.26. The Labute approximate surface area is 131 Å². The molecule has 4 heteroatoms. The first-order valence-electron chi connectivity index (χ1n) is 7.64. The molecule has 1 N–H and O–H groups in total. The molecule has 0 aliphatic carbocycles. The topological polar surface area (TPSA) is 36.1 Å². The van der Waals surface area contributed by atoms with E-state index in [2.05, 4.69) is 35.0 Å². The summed E-state index contributed by atoms with van der Waals surface area (Å²) < 4.78 is 0. The van der Waals surface area contributed by atoms with Crippen molar-refractivity contribution in [1.82, 2.24) is 9.88 Å². The SMILES string of the molecule is CCC1CN2CC[C@H]1C(=O)c1[nH]c3ccccc3c1C2.Cl. The second-order valence-electron chi connectivity index (χ2n) is 6.19. The zero-order valence-electron chi connectivity index (χ0n) is 12.3. The van der Waals surface area contributed by atoms with Gasteiger partial charge in [-0.15, -0.1) is 12.4 Å². The number of halogens is 1. The Kier molecular flexibility index (Phi) is 3.80. The van der Waals surface area contributed by atoms with Gasteiger partial charge in [0, 0.05) is 35.5 Å². The van der Waals surface area contributed by atoms with Crippen LogP contribution in [0.5, 0.6) is 0 Å². The number of ketones is 1. The molecule has 3 atom stereocenters. The van der Waals surface area contributed by atoms with E-state index in [1.54, 1.807) is 0 Å². The normalized spacial score (nSPS) is 27.9. The maximum Gasteiger partial charge on any atom is 0.182 e. The number of Topliss-reactive ketones (excluding diaryl/α,β-unsaturated/α-hetero) is 1. The standard InChI is InChI=1S/C17H20N2O.ClH/c1-2-11-9-19-8-7-12(11)17(20)16-14(10-19)13-5-3-4-6-15(13)18-16;/h3-6,11-12,18H,2,7-10H2,1H3;1H/t11?,12-;/m1./s1. The molecule has 3 aliphatic heterocycles. The highest BCUT2D eigenvalue weighted by Crippen LogP contribution is 2.36. The lowest BCUT2D eigenvalue weighted by molar-refractivity contribution is 0.0642. The average molecular weight is 305 g/mol. The average Bonchev–Trinajstić information content (AvgIpc) is 2.83. The molecular weight excluding hydrogens is 284 g/mol. The number of hydrogen-bond acceptors (Lipinski definition) is 2. The van der Waals surface area contributed by atoms with E-state index in [0.29, 0.717) is 11.7 Å². The maximum absolute atomic E-state index is 12.9. The van der Waals surface area contributed by atoms with E-state index in [1.165, 1.54) is 10.9 Å². The molecular formula is C17H21ClN2O. The van der Waals surface area contributed by atoms with Gasteiger partial charge in [0.1, 0.15) is 0 Å². The number of aromatic nitrogens is 1. The zero-order valence-corrected chi connectivity index (χ0v) is 13.1. The van der Waals surface area contributed by atoms with E-state index < -0.39 is 0 Å². The van der Waals surface area contributed by atoms with Gasteiger partial charge >= 0.3 is 0 Å². The molecule has 21 heavy (non-hydrogen) atoms. The fraction of sp³-hybridized carbons (Fsp3) is 0.471. The van der Waals surface area contributed by atoms with Crippen molar-refractivity contribution < 1.29 is 4.79 Å². The first kappa shape index (κ1) is 14.6. The van der Waals surface area contributed by atoms with Crippen LogP contribution in [0.25, 0.3) is 10.9 Å². The first-order valence-corrected chi connectivity index (χ1v) is 7.64. The van der Waals surface area contributed by atoms with Crippen molar-refractivity contribution in [2.75, 3.05) is 13.1 Å².